The number of sulfonamides is 1. The predicted molar refractivity (Wildman–Crippen MR) is 111 cm³/mol. The molecule has 10 heteroatoms. The Kier molecular flexibility index (Phi) is 9.82. The molecule has 0 aliphatic carbocycles. The molecule has 29 heavy (non-hydrogen) atoms. The Labute approximate surface area is 173 Å². The lowest BCUT2D eigenvalue weighted by molar-refractivity contribution is 0.0347. The Morgan fingerprint density at radius 1 is 1.41 bits per heavy atom. The normalized spacial score (nSPS) is 18.6. The average Bonchev–Trinajstić information content (AvgIpc) is 3.23. The van der Waals surface area contributed by atoms with Crippen LogP contribution in [0, 0.1) is 0 Å². The van der Waals surface area contributed by atoms with Crippen LogP contribution in [0.1, 0.15) is 18.9 Å². The van der Waals surface area contributed by atoms with E-state index in [4.69, 9.17) is 14.2 Å². The summed E-state index contributed by atoms with van der Waals surface area (Å²) in [6, 6.07) is 6.86. The molecule has 1 aromatic rings. The maximum Gasteiger partial charge on any atom is 0.240 e. The van der Waals surface area contributed by atoms with Crippen LogP contribution in [0.2, 0.25) is 0 Å². The molecule has 1 fully saturated rings. The smallest absolute Gasteiger partial charge is 0.240 e. The zero-order valence-electron chi connectivity index (χ0n) is 17.3. The van der Waals surface area contributed by atoms with E-state index in [0.29, 0.717) is 32.3 Å². The molecule has 0 radical (unpaired) electrons. The molecule has 9 nitrogen and oxygen atoms in total. The zero-order valence-corrected chi connectivity index (χ0v) is 18.1. The first-order valence-corrected chi connectivity index (χ1v) is 11.2. The number of hydrogen-bond acceptors (Lipinski definition) is 6. The molecule has 0 aromatic heterocycles. The molecule has 0 saturated carbocycles. The van der Waals surface area contributed by atoms with E-state index in [1.54, 1.807) is 25.2 Å². The number of methoxy groups -OCH3 is 1. The van der Waals surface area contributed by atoms with E-state index in [1.807, 2.05) is 13.0 Å². The number of ether oxygens (including phenoxy) is 3. The van der Waals surface area contributed by atoms with E-state index in [-0.39, 0.29) is 23.6 Å². The van der Waals surface area contributed by atoms with Gasteiger partial charge in [-0.05, 0) is 31.0 Å². The predicted octanol–water partition coefficient (Wildman–Crippen LogP) is 0.470. The van der Waals surface area contributed by atoms with E-state index in [2.05, 4.69) is 20.3 Å². The standard InChI is InChI=1S/C19H32N4O5S/c1-15(13-28-17-7-9-27-14-17)23-19(20-2)21-12-16-5-4-6-18(11-16)29(24,25)22-8-10-26-3/h4-6,11,15,17,22H,7-10,12-14H2,1-3H3,(H2,20,21,23). The first kappa shape index (κ1) is 23.6. The lowest BCUT2D eigenvalue weighted by atomic mass is 10.2. The van der Waals surface area contributed by atoms with Crippen molar-refractivity contribution in [2.24, 2.45) is 4.99 Å². The van der Waals surface area contributed by atoms with Crippen molar-refractivity contribution in [3.8, 4) is 0 Å². The van der Waals surface area contributed by atoms with Gasteiger partial charge in [-0.2, -0.15) is 0 Å². The number of guanidine groups is 1. The summed E-state index contributed by atoms with van der Waals surface area (Å²) in [4.78, 5) is 4.43. The summed E-state index contributed by atoms with van der Waals surface area (Å²) >= 11 is 0. The molecule has 164 valence electrons. The molecule has 0 spiro atoms. The summed E-state index contributed by atoms with van der Waals surface area (Å²) < 4.78 is 43.2. The number of rotatable bonds is 11. The van der Waals surface area contributed by atoms with E-state index in [0.717, 1.165) is 18.6 Å². The maximum atomic E-state index is 12.3. The molecule has 1 saturated heterocycles. The lowest BCUT2D eigenvalue weighted by Gasteiger charge is -2.20. The van der Waals surface area contributed by atoms with Crippen LogP contribution in [-0.4, -0.2) is 73.7 Å². The van der Waals surface area contributed by atoms with Crippen LogP contribution in [0.4, 0.5) is 0 Å². The second kappa shape index (κ2) is 12.1. The van der Waals surface area contributed by atoms with Crippen molar-refractivity contribution in [3.63, 3.8) is 0 Å². The quantitative estimate of drug-likeness (QED) is 0.267. The van der Waals surface area contributed by atoms with Gasteiger partial charge in [0, 0.05) is 39.9 Å². The monoisotopic (exact) mass is 428 g/mol. The van der Waals surface area contributed by atoms with Gasteiger partial charge in [-0.15, -0.1) is 0 Å². The number of nitrogens with one attached hydrogen (secondary N) is 3. The molecule has 0 amide bonds. The van der Waals surface area contributed by atoms with Crippen molar-refractivity contribution in [2.75, 3.05) is 47.1 Å². The van der Waals surface area contributed by atoms with Crippen LogP contribution < -0.4 is 15.4 Å². The van der Waals surface area contributed by atoms with Gasteiger partial charge in [-0.3, -0.25) is 4.99 Å². The van der Waals surface area contributed by atoms with Gasteiger partial charge >= 0.3 is 0 Å². The second-order valence-electron chi connectivity index (χ2n) is 6.83. The van der Waals surface area contributed by atoms with Crippen molar-refractivity contribution in [1.29, 1.82) is 0 Å². The lowest BCUT2D eigenvalue weighted by Crippen LogP contribution is -2.44. The van der Waals surface area contributed by atoms with E-state index >= 15 is 0 Å². The Bertz CT molecular complexity index is 751. The summed E-state index contributed by atoms with van der Waals surface area (Å²) in [7, 11) is -0.350. The Morgan fingerprint density at radius 3 is 2.93 bits per heavy atom. The molecule has 1 aromatic carbocycles. The van der Waals surface area contributed by atoms with Gasteiger partial charge in [0.05, 0.1) is 30.8 Å². The van der Waals surface area contributed by atoms with Crippen LogP contribution in [0.5, 0.6) is 0 Å². The third-order valence-electron chi connectivity index (χ3n) is 4.34. The number of benzene rings is 1. The first-order chi connectivity index (χ1) is 13.9. The highest BCUT2D eigenvalue weighted by Gasteiger charge is 2.17. The zero-order chi connectivity index (χ0) is 21.1. The third kappa shape index (κ3) is 8.27. The summed E-state index contributed by atoms with van der Waals surface area (Å²) in [6.45, 7) is 4.96. The van der Waals surface area contributed by atoms with E-state index in [9.17, 15) is 8.42 Å². The average molecular weight is 429 g/mol. The van der Waals surface area contributed by atoms with Crippen LogP contribution >= 0.6 is 0 Å². The largest absolute Gasteiger partial charge is 0.383 e. The first-order valence-electron chi connectivity index (χ1n) is 9.68. The van der Waals surface area contributed by atoms with Crippen LogP contribution in [0.15, 0.2) is 34.2 Å². The van der Waals surface area contributed by atoms with E-state index in [1.165, 1.54) is 7.11 Å². The molecular formula is C19H32N4O5S. The molecule has 1 aliphatic heterocycles. The minimum absolute atomic E-state index is 0.0681. The van der Waals surface area contributed by atoms with Crippen molar-refractivity contribution in [1.82, 2.24) is 15.4 Å². The maximum absolute atomic E-state index is 12.3. The van der Waals surface area contributed by atoms with Crippen molar-refractivity contribution < 1.29 is 22.6 Å². The van der Waals surface area contributed by atoms with Gasteiger partial charge in [-0.25, -0.2) is 13.1 Å². The second-order valence-corrected chi connectivity index (χ2v) is 8.60. The minimum atomic E-state index is -3.56. The fraction of sp³-hybridized carbons (Fsp3) is 0.632. The Morgan fingerprint density at radius 2 is 2.24 bits per heavy atom. The van der Waals surface area contributed by atoms with Crippen molar-refractivity contribution in [2.45, 2.75) is 36.9 Å². The molecule has 2 rings (SSSR count). The number of hydrogen-bond donors (Lipinski definition) is 3. The van der Waals surface area contributed by atoms with Gasteiger partial charge in [0.25, 0.3) is 0 Å². The number of nitrogens with zero attached hydrogens (tertiary/aromatic N) is 1. The fourth-order valence-electron chi connectivity index (χ4n) is 2.76. The van der Waals surface area contributed by atoms with Crippen LogP contribution in [0.3, 0.4) is 0 Å². The Balaban J connectivity index is 1.84. The highest BCUT2D eigenvalue weighted by atomic mass is 32.2. The van der Waals surface area contributed by atoms with Gasteiger partial charge in [0.15, 0.2) is 5.96 Å². The fourth-order valence-corrected chi connectivity index (χ4v) is 3.85. The van der Waals surface area contributed by atoms with Crippen LogP contribution in [0.25, 0.3) is 0 Å². The van der Waals surface area contributed by atoms with Crippen molar-refractivity contribution in [3.05, 3.63) is 29.8 Å². The minimum Gasteiger partial charge on any atom is -0.383 e. The topological polar surface area (TPSA) is 110 Å². The molecule has 2 unspecified atom stereocenters. The molecular weight excluding hydrogens is 396 g/mol. The van der Waals surface area contributed by atoms with Gasteiger partial charge in [0.1, 0.15) is 0 Å². The molecule has 3 N–H and O–H groups in total. The summed E-state index contributed by atoms with van der Waals surface area (Å²) in [5.41, 5.74) is 0.828. The summed E-state index contributed by atoms with van der Waals surface area (Å²) in [6.07, 6.45) is 1.09. The SMILES string of the molecule is CN=C(NCc1cccc(S(=O)(=O)NCCOC)c1)NC(C)COC1CCOC1. The molecule has 2 atom stereocenters. The highest BCUT2D eigenvalue weighted by Crippen LogP contribution is 2.11. The van der Waals surface area contributed by atoms with Gasteiger partial charge in [-0.1, -0.05) is 12.1 Å². The van der Waals surface area contributed by atoms with Crippen LogP contribution in [-0.2, 0) is 30.8 Å². The Hall–Kier alpha value is -1.72. The summed E-state index contributed by atoms with van der Waals surface area (Å²) in [5.74, 6) is 0.621. The van der Waals surface area contributed by atoms with Crippen molar-refractivity contribution >= 4 is 16.0 Å². The van der Waals surface area contributed by atoms with Gasteiger partial charge in [0.2, 0.25) is 10.0 Å². The van der Waals surface area contributed by atoms with Gasteiger partial charge < -0.3 is 24.8 Å². The molecule has 1 heterocycles. The molecule has 0 bridgehead atoms. The summed E-state index contributed by atoms with van der Waals surface area (Å²) in [5, 5.41) is 6.47. The number of aliphatic imine (C=N–C) groups is 1. The highest BCUT2D eigenvalue weighted by molar-refractivity contribution is 7.89. The third-order valence-corrected chi connectivity index (χ3v) is 5.80. The molecule has 1 aliphatic rings. The van der Waals surface area contributed by atoms with E-state index < -0.39 is 10.0 Å².